The van der Waals surface area contributed by atoms with Crippen LogP contribution in [0, 0.1) is 0 Å². The number of carbonyl (C=O) groups is 1. The van der Waals surface area contributed by atoms with Crippen LogP contribution in [0.3, 0.4) is 0 Å². The van der Waals surface area contributed by atoms with E-state index in [2.05, 4.69) is 10.2 Å². The third-order valence-corrected chi connectivity index (χ3v) is 4.35. The van der Waals surface area contributed by atoms with Gasteiger partial charge in [0.15, 0.2) is 0 Å². The van der Waals surface area contributed by atoms with E-state index < -0.39 is 11.5 Å². The lowest BCUT2D eigenvalue weighted by molar-refractivity contribution is -0.144. The molecule has 1 aliphatic heterocycles. The van der Waals surface area contributed by atoms with Crippen LogP contribution in [-0.4, -0.2) is 60.4 Å². The van der Waals surface area contributed by atoms with Gasteiger partial charge in [-0.25, -0.2) is 0 Å². The summed E-state index contributed by atoms with van der Waals surface area (Å²) in [7, 11) is 1.79. The molecule has 1 unspecified atom stereocenters. The number of unbranched alkanes of at least 4 members (excludes halogenated alkanes) is 1. The van der Waals surface area contributed by atoms with Gasteiger partial charge >= 0.3 is 5.97 Å². The van der Waals surface area contributed by atoms with Crippen molar-refractivity contribution in [2.24, 2.45) is 0 Å². The molecule has 0 radical (unpaired) electrons. The van der Waals surface area contributed by atoms with Crippen LogP contribution in [0.2, 0.25) is 0 Å². The van der Waals surface area contributed by atoms with Crippen molar-refractivity contribution in [3.05, 3.63) is 0 Å². The van der Waals surface area contributed by atoms with Crippen LogP contribution < -0.4 is 5.32 Å². The average Bonchev–Trinajstić information content (AvgIpc) is 2.43. The van der Waals surface area contributed by atoms with E-state index in [1.807, 2.05) is 13.8 Å². The summed E-state index contributed by atoms with van der Waals surface area (Å²) in [5, 5.41) is 12.6. The summed E-state index contributed by atoms with van der Waals surface area (Å²) >= 11 is 0. The number of hydrogen-bond donors (Lipinski definition) is 2. The Kier molecular flexibility index (Phi) is 7.63. The molecule has 0 amide bonds. The number of aliphatic carboxylic acids is 1. The van der Waals surface area contributed by atoms with Crippen molar-refractivity contribution in [2.45, 2.75) is 70.6 Å². The molecular weight excluding hydrogens is 268 g/mol. The molecule has 1 rings (SSSR count). The van der Waals surface area contributed by atoms with Gasteiger partial charge in [0.05, 0.1) is 6.10 Å². The normalized spacial score (nSPS) is 20.6. The van der Waals surface area contributed by atoms with Gasteiger partial charge in [-0.15, -0.1) is 0 Å². The Balaban J connectivity index is 2.24. The lowest BCUT2D eigenvalue weighted by Crippen LogP contribution is -2.52. The molecular formula is C16H32N2O3. The predicted molar refractivity (Wildman–Crippen MR) is 84.6 cm³/mol. The van der Waals surface area contributed by atoms with Gasteiger partial charge in [-0.05, 0) is 59.4 Å². The zero-order valence-electron chi connectivity index (χ0n) is 14.0. The molecule has 1 saturated heterocycles. The fourth-order valence-electron chi connectivity index (χ4n) is 3.06. The van der Waals surface area contributed by atoms with Gasteiger partial charge in [-0.2, -0.15) is 0 Å². The minimum Gasteiger partial charge on any atom is -0.480 e. The highest BCUT2D eigenvalue weighted by Gasteiger charge is 2.32. The first-order chi connectivity index (χ1) is 9.87. The van der Waals surface area contributed by atoms with Gasteiger partial charge in [0.25, 0.3) is 0 Å². The number of likely N-dealkylation sites (tertiary alicyclic amines) is 1. The van der Waals surface area contributed by atoms with Crippen LogP contribution in [-0.2, 0) is 9.53 Å². The first-order valence-electron chi connectivity index (χ1n) is 8.13. The highest BCUT2D eigenvalue weighted by Crippen LogP contribution is 2.17. The number of carboxylic acids is 1. The van der Waals surface area contributed by atoms with Crippen molar-refractivity contribution in [1.29, 1.82) is 0 Å². The van der Waals surface area contributed by atoms with E-state index in [1.54, 1.807) is 14.0 Å². The standard InChI is InChI=1S/C16H32N2O3/c1-13(2)17-16(3,15(19)20)9-5-6-10-18-11-7-14(21-4)8-12-18/h13-14,17H,5-12H2,1-4H3,(H,19,20). The molecule has 0 aromatic carbocycles. The summed E-state index contributed by atoms with van der Waals surface area (Å²) < 4.78 is 5.37. The maximum Gasteiger partial charge on any atom is 0.323 e. The number of nitrogens with zero attached hydrogens (tertiary/aromatic N) is 1. The van der Waals surface area contributed by atoms with Gasteiger partial charge in [0.1, 0.15) is 5.54 Å². The molecule has 1 atom stereocenters. The first kappa shape index (κ1) is 18.4. The third kappa shape index (κ3) is 6.32. The SMILES string of the molecule is COC1CCN(CCCCC(C)(NC(C)C)C(=O)O)CC1. The minimum absolute atomic E-state index is 0.180. The van der Waals surface area contributed by atoms with Gasteiger partial charge in [-0.3, -0.25) is 10.1 Å². The molecule has 124 valence electrons. The molecule has 0 spiro atoms. The number of carboxylic acid groups (broad SMARTS) is 1. The summed E-state index contributed by atoms with van der Waals surface area (Å²) in [5.41, 5.74) is -0.808. The second-order valence-electron chi connectivity index (χ2n) is 6.67. The van der Waals surface area contributed by atoms with Crippen molar-refractivity contribution in [3.8, 4) is 0 Å². The number of rotatable bonds is 9. The molecule has 1 heterocycles. The topological polar surface area (TPSA) is 61.8 Å². The van der Waals surface area contributed by atoms with E-state index in [0.717, 1.165) is 45.3 Å². The van der Waals surface area contributed by atoms with E-state index in [1.165, 1.54) is 0 Å². The Morgan fingerprint density at radius 1 is 1.38 bits per heavy atom. The van der Waals surface area contributed by atoms with E-state index in [9.17, 15) is 9.90 Å². The van der Waals surface area contributed by atoms with E-state index >= 15 is 0 Å². The van der Waals surface area contributed by atoms with Gasteiger partial charge < -0.3 is 14.7 Å². The molecule has 5 heteroatoms. The Labute approximate surface area is 129 Å². The van der Waals surface area contributed by atoms with Crippen molar-refractivity contribution in [1.82, 2.24) is 10.2 Å². The number of piperidine rings is 1. The zero-order valence-corrected chi connectivity index (χ0v) is 14.0. The quantitative estimate of drug-likeness (QED) is 0.639. The van der Waals surface area contributed by atoms with Crippen LogP contribution in [0.1, 0.15) is 52.9 Å². The molecule has 5 nitrogen and oxygen atoms in total. The summed E-state index contributed by atoms with van der Waals surface area (Å²) in [5.74, 6) is -0.753. The lowest BCUT2D eigenvalue weighted by Gasteiger charge is -2.32. The van der Waals surface area contributed by atoms with Gasteiger partial charge in [0.2, 0.25) is 0 Å². The zero-order chi connectivity index (χ0) is 15.9. The maximum absolute atomic E-state index is 11.4. The van der Waals surface area contributed by atoms with Crippen molar-refractivity contribution in [2.75, 3.05) is 26.7 Å². The summed E-state index contributed by atoms with van der Waals surface area (Å²) in [6.07, 6.45) is 5.31. The summed E-state index contributed by atoms with van der Waals surface area (Å²) in [6.45, 7) is 9.02. The molecule has 0 aromatic rings. The number of ether oxygens (including phenoxy) is 1. The Morgan fingerprint density at radius 3 is 2.48 bits per heavy atom. The Bertz CT molecular complexity index is 315. The second-order valence-corrected chi connectivity index (χ2v) is 6.67. The lowest BCUT2D eigenvalue weighted by atomic mass is 9.93. The molecule has 0 aliphatic carbocycles. The highest BCUT2D eigenvalue weighted by atomic mass is 16.5. The molecule has 2 N–H and O–H groups in total. The van der Waals surface area contributed by atoms with Gasteiger partial charge in [-0.1, -0.05) is 0 Å². The number of methoxy groups -OCH3 is 1. The van der Waals surface area contributed by atoms with Crippen molar-refractivity contribution in [3.63, 3.8) is 0 Å². The molecule has 0 saturated carbocycles. The monoisotopic (exact) mass is 300 g/mol. The highest BCUT2D eigenvalue weighted by molar-refractivity contribution is 5.78. The number of hydrogen-bond acceptors (Lipinski definition) is 4. The average molecular weight is 300 g/mol. The maximum atomic E-state index is 11.4. The molecule has 1 fully saturated rings. The first-order valence-corrected chi connectivity index (χ1v) is 8.13. The van der Waals surface area contributed by atoms with Crippen molar-refractivity contribution >= 4 is 5.97 Å². The Hall–Kier alpha value is -0.650. The van der Waals surface area contributed by atoms with Crippen molar-refractivity contribution < 1.29 is 14.6 Å². The van der Waals surface area contributed by atoms with Crippen LogP contribution in [0.5, 0.6) is 0 Å². The van der Waals surface area contributed by atoms with Crippen LogP contribution in [0.15, 0.2) is 0 Å². The molecule has 0 bridgehead atoms. The van der Waals surface area contributed by atoms with E-state index in [0.29, 0.717) is 12.5 Å². The van der Waals surface area contributed by atoms with Gasteiger partial charge in [0, 0.05) is 26.2 Å². The third-order valence-electron chi connectivity index (χ3n) is 4.35. The summed E-state index contributed by atoms with van der Waals surface area (Å²) in [4.78, 5) is 13.9. The fraction of sp³-hybridized carbons (Fsp3) is 0.938. The van der Waals surface area contributed by atoms with Crippen LogP contribution in [0.4, 0.5) is 0 Å². The minimum atomic E-state index is -0.808. The van der Waals surface area contributed by atoms with E-state index in [4.69, 9.17) is 4.74 Å². The number of nitrogens with one attached hydrogen (secondary N) is 1. The second kappa shape index (κ2) is 8.71. The fourth-order valence-corrected chi connectivity index (χ4v) is 3.06. The molecule has 21 heavy (non-hydrogen) atoms. The largest absolute Gasteiger partial charge is 0.480 e. The smallest absolute Gasteiger partial charge is 0.323 e. The molecule has 0 aromatic heterocycles. The van der Waals surface area contributed by atoms with Crippen LogP contribution >= 0.6 is 0 Å². The van der Waals surface area contributed by atoms with Crippen LogP contribution in [0.25, 0.3) is 0 Å². The molecule has 1 aliphatic rings. The Morgan fingerprint density at radius 2 is 2.00 bits per heavy atom. The van der Waals surface area contributed by atoms with E-state index in [-0.39, 0.29) is 6.04 Å². The predicted octanol–water partition coefficient (Wildman–Crippen LogP) is 2.11. The summed E-state index contributed by atoms with van der Waals surface area (Å²) in [6, 6.07) is 0.180.